The highest BCUT2D eigenvalue weighted by molar-refractivity contribution is 5.91. The number of aromatic nitrogens is 2. The van der Waals surface area contributed by atoms with Gasteiger partial charge in [-0.2, -0.15) is 5.10 Å². The van der Waals surface area contributed by atoms with Gasteiger partial charge in [0.25, 0.3) is 0 Å². The van der Waals surface area contributed by atoms with E-state index < -0.39 is 11.5 Å². The maximum Gasteiger partial charge on any atom is 0.345 e. The number of carbonyl (C=O) groups excluding carboxylic acids is 1. The van der Waals surface area contributed by atoms with Gasteiger partial charge in [-0.3, -0.25) is 0 Å². The second-order valence-corrected chi connectivity index (χ2v) is 5.87. The molecule has 0 aliphatic heterocycles. The van der Waals surface area contributed by atoms with Gasteiger partial charge in [0.1, 0.15) is 5.56 Å². The molecule has 6 heteroatoms. The number of nitrogens with two attached hydrogens (primary N) is 1. The van der Waals surface area contributed by atoms with Gasteiger partial charge in [0.15, 0.2) is 0 Å². The Bertz CT molecular complexity index is 499. The number of ether oxygens (including phenoxy) is 2. The zero-order valence-electron chi connectivity index (χ0n) is 13.4. The zero-order chi connectivity index (χ0) is 16.0. The average molecular weight is 295 g/mol. The number of esters is 1. The van der Waals surface area contributed by atoms with Crippen LogP contribution in [0.3, 0.4) is 0 Å². The van der Waals surface area contributed by atoms with E-state index in [2.05, 4.69) is 5.10 Å². The van der Waals surface area contributed by atoms with Crippen molar-refractivity contribution >= 4 is 12.2 Å². The van der Waals surface area contributed by atoms with E-state index in [-0.39, 0.29) is 0 Å². The Hall–Kier alpha value is -1.82. The zero-order valence-corrected chi connectivity index (χ0v) is 13.4. The molecule has 0 unspecified atom stereocenters. The molecular formula is C15H25N3O3. The third-order valence-electron chi connectivity index (χ3n) is 2.44. The third kappa shape index (κ3) is 5.59. The Kier molecular flexibility index (Phi) is 5.96. The second-order valence-electron chi connectivity index (χ2n) is 5.87. The van der Waals surface area contributed by atoms with E-state index >= 15 is 0 Å². The highest BCUT2D eigenvalue weighted by Gasteiger charge is 2.20. The van der Waals surface area contributed by atoms with Gasteiger partial charge in [-0.05, 0) is 32.8 Å². The van der Waals surface area contributed by atoms with Gasteiger partial charge in [0.05, 0.1) is 19.4 Å². The summed E-state index contributed by atoms with van der Waals surface area (Å²) in [6.07, 6.45) is 4.93. The molecule has 2 N–H and O–H groups in total. The first-order valence-corrected chi connectivity index (χ1v) is 7.10. The summed E-state index contributed by atoms with van der Waals surface area (Å²) >= 11 is 0. The van der Waals surface area contributed by atoms with Gasteiger partial charge in [0.2, 0.25) is 5.88 Å². The Morgan fingerprint density at radius 2 is 2.19 bits per heavy atom. The predicted molar refractivity (Wildman–Crippen MR) is 82.1 cm³/mol. The Labute approximate surface area is 125 Å². The van der Waals surface area contributed by atoms with Crippen molar-refractivity contribution in [3.05, 3.63) is 17.8 Å². The molecule has 1 heterocycles. The second kappa shape index (κ2) is 7.26. The highest BCUT2D eigenvalue weighted by atomic mass is 16.5. The fraction of sp³-hybridized carbons (Fsp3) is 0.600. The molecule has 118 valence electrons. The largest absolute Gasteiger partial charge is 0.477 e. The molecule has 0 aliphatic carbocycles. The smallest absolute Gasteiger partial charge is 0.345 e. The summed E-state index contributed by atoms with van der Waals surface area (Å²) in [5.41, 5.74) is 5.75. The third-order valence-corrected chi connectivity index (χ3v) is 2.44. The van der Waals surface area contributed by atoms with Crippen LogP contribution in [0, 0.1) is 5.92 Å². The molecule has 0 radical (unpaired) electrons. The van der Waals surface area contributed by atoms with Gasteiger partial charge in [-0.15, -0.1) is 0 Å². The normalized spacial score (nSPS) is 12.1. The standard InChI is InChI=1S/C15H25N3O3/c1-6-20-14(19)12-9-17-18(8-7-15(4,5)16)13(12)21-10-11(2)3/h7-9,11H,6,10,16H2,1-5H3/b8-7+. The Morgan fingerprint density at radius 3 is 2.71 bits per heavy atom. The molecule has 0 atom stereocenters. The monoisotopic (exact) mass is 295 g/mol. The summed E-state index contributed by atoms with van der Waals surface area (Å²) in [7, 11) is 0. The molecule has 0 saturated heterocycles. The van der Waals surface area contributed by atoms with Crippen LogP contribution in [-0.4, -0.2) is 34.5 Å². The maximum atomic E-state index is 11.9. The lowest BCUT2D eigenvalue weighted by Gasteiger charge is -2.13. The van der Waals surface area contributed by atoms with Crippen LogP contribution in [0.15, 0.2) is 12.3 Å². The summed E-state index contributed by atoms with van der Waals surface area (Å²) in [4.78, 5) is 11.9. The summed E-state index contributed by atoms with van der Waals surface area (Å²) in [5.74, 6) is 0.267. The lowest BCUT2D eigenvalue weighted by Crippen LogP contribution is -2.28. The minimum atomic E-state index is -0.481. The number of hydrogen-bond donors (Lipinski definition) is 1. The number of rotatable bonds is 7. The van der Waals surface area contributed by atoms with Gasteiger partial charge in [-0.25, -0.2) is 9.48 Å². The summed E-state index contributed by atoms with van der Waals surface area (Å²) in [6, 6.07) is 0. The van der Waals surface area contributed by atoms with Gasteiger partial charge >= 0.3 is 5.97 Å². The summed E-state index contributed by atoms with van der Waals surface area (Å²) < 4.78 is 12.2. The average Bonchev–Trinajstić information content (AvgIpc) is 2.76. The first-order chi connectivity index (χ1) is 9.74. The van der Waals surface area contributed by atoms with Crippen molar-refractivity contribution in [2.75, 3.05) is 13.2 Å². The molecule has 1 rings (SSSR count). The van der Waals surface area contributed by atoms with E-state index in [0.717, 1.165) is 0 Å². The van der Waals surface area contributed by atoms with Gasteiger partial charge in [-0.1, -0.05) is 13.8 Å². The highest BCUT2D eigenvalue weighted by Crippen LogP contribution is 2.21. The fourth-order valence-electron chi connectivity index (χ4n) is 1.46. The molecular weight excluding hydrogens is 270 g/mol. The Morgan fingerprint density at radius 1 is 1.52 bits per heavy atom. The first kappa shape index (κ1) is 17.2. The van der Waals surface area contributed by atoms with Crippen molar-refractivity contribution in [3.63, 3.8) is 0 Å². The molecule has 1 aromatic heterocycles. The lowest BCUT2D eigenvalue weighted by atomic mass is 10.1. The quantitative estimate of drug-likeness (QED) is 0.781. The summed E-state index contributed by atoms with van der Waals surface area (Å²) in [6.45, 7) is 10.3. The molecule has 0 bridgehead atoms. The van der Waals surface area contributed by atoms with E-state index in [4.69, 9.17) is 15.2 Å². The molecule has 0 aliphatic rings. The first-order valence-electron chi connectivity index (χ1n) is 7.10. The van der Waals surface area contributed by atoms with Crippen LogP contribution < -0.4 is 10.5 Å². The Balaban J connectivity index is 3.07. The number of nitrogens with zero attached hydrogens (tertiary/aromatic N) is 2. The minimum Gasteiger partial charge on any atom is -0.477 e. The van der Waals surface area contributed by atoms with Crippen molar-refractivity contribution in [3.8, 4) is 5.88 Å². The van der Waals surface area contributed by atoms with Crippen LogP contribution in [0.2, 0.25) is 0 Å². The van der Waals surface area contributed by atoms with E-state index in [1.807, 2.05) is 27.7 Å². The van der Waals surface area contributed by atoms with Crippen LogP contribution >= 0.6 is 0 Å². The van der Waals surface area contributed by atoms with Crippen LogP contribution in [-0.2, 0) is 4.74 Å². The SMILES string of the molecule is CCOC(=O)c1cnn(/C=C/C(C)(C)N)c1OCC(C)C. The van der Waals surface area contributed by atoms with Crippen molar-refractivity contribution < 1.29 is 14.3 Å². The van der Waals surface area contributed by atoms with Gasteiger partial charge < -0.3 is 15.2 Å². The van der Waals surface area contributed by atoms with E-state index in [9.17, 15) is 4.79 Å². The van der Waals surface area contributed by atoms with E-state index in [1.165, 1.54) is 10.9 Å². The molecule has 0 aromatic carbocycles. The molecule has 0 spiro atoms. The van der Waals surface area contributed by atoms with E-state index in [0.29, 0.717) is 30.6 Å². The molecule has 6 nitrogen and oxygen atoms in total. The predicted octanol–water partition coefficient (Wildman–Crippen LogP) is 2.30. The van der Waals surface area contributed by atoms with Crippen LogP contribution in [0.1, 0.15) is 45.0 Å². The van der Waals surface area contributed by atoms with Crippen molar-refractivity contribution in [1.29, 1.82) is 0 Å². The van der Waals surface area contributed by atoms with E-state index in [1.54, 1.807) is 19.2 Å². The van der Waals surface area contributed by atoms with Crippen LogP contribution in [0.4, 0.5) is 0 Å². The lowest BCUT2D eigenvalue weighted by molar-refractivity contribution is 0.0520. The fourth-order valence-corrected chi connectivity index (χ4v) is 1.46. The number of hydrogen-bond acceptors (Lipinski definition) is 5. The maximum absolute atomic E-state index is 11.9. The van der Waals surface area contributed by atoms with Crippen LogP contribution in [0.25, 0.3) is 6.20 Å². The molecule has 0 fully saturated rings. The van der Waals surface area contributed by atoms with Crippen molar-refractivity contribution in [1.82, 2.24) is 9.78 Å². The molecule has 1 aromatic rings. The minimum absolute atomic E-state index is 0.305. The summed E-state index contributed by atoms with van der Waals surface area (Å²) in [5, 5.41) is 4.15. The van der Waals surface area contributed by atoms with Crippen molar-refractivity contribution in [2.24, 2.45) is 11.7 Å². The van der Waals surface area contributed by atoms with Crippen molar-refractivity contribution in [2.45, 2.75) is 40.2 Å². The van der Waals surface area contributed by atoms with Gasteiger partial charge in [0, 0.05) is 11.7 Å². The molecule has 0 amide bonds. The van der Waals surface area contributed by atoms with Crippen LogP contribution in [0.5, 0.6) is 5.88 Å². The molecule has 0 saturated carbocycles. The molecule has 21 heavy (non-hydrogen) atoms. The number of carbonyl (C=O) groups is 1. The topological polar surface area (TPSA) is 79.4 Å².